The van der Waals surface area contributed by atoms with E-state index >= 15 is 0 Å². The Kier molecular flexibility index (Phi) is 3.57. The third kappa shape index (κ3) is 2.68. The van der Waals surface area contributed by atoms with Crippen molar-refractivity contribution in [2.45, 2.75) is 25.4 Å². The minimum atomic E-state index is -0.356. The van der Waals surface area contributed by atoms with Crippen LogP contribution >= 0.6 is 0 Å². The van der Waals surface area contributed by atoms with Gasteiger partial charge in [0, 0.05) is 0 Å². The van der Waals surface area contributed by atoms with Gasteiger partial charge in [-0.25, -0.2) is 0 Å². The van der Waals surface area contributed by atoms with E-state index in [0.717, 1.165) is 22.6 Å². The highest BCUT2D eigenvalue weighted by Crippen LogP contribution is 2.43. The molecule has 4 rings (SSSR count). The molecule has 0 saturated carbocycles. The third-order valence-corrected chi connectivity index (χ3v) is 4.67. The van der Waals surface area contributed by atoms with Crippen molar-refractivity contribution in [1.29, 1.82) is 0 Å². The van der Waals surface area contributed by atoms with Crippen LogP contribution in [0.25, 0.3) is 6.08 Å². The van der Waals surface area contributed by atoms with Crippen LogP contribution in [0.3, 0.4) is 0 Å². The Labute approximate surface area is 147 Å². The van der Waals surface area contributed by atoms with Crippen LogP contribution in [0.1, 0.15) is 41.3 Å². The molecular weight excluding hydrogens is 316 g/mol. The first-order valence-corrected chi connectivity index (χ1v) is 8.35. The molecule has 0 aliphatic carbocycles. The molecule has 0 saturated heterocycles. The van der Waals surface area contributed by atoms with Crippen LogP contribution in [0.5, 0.6) is 17.2 Å². The van der Waals surface area contributed by atoms with E-state index in [1.807, 2.05) is 56.3 Å². The first-order chi connectivity index (χ1) is 12.0. The average molecular weight is 336 g/mol. The summed E-state index contributed by atoms with van der Waals surface area (Å²) in [6.07, 6.45) is 3.97. The Balaban J connectivity index is 1.70. The molecule has 0 aromatic heterocycles. The van der Waals surface area contributed by atoms with Crippen molar-refractivity contribution >= 4 is 11.9 Å². The molecule has 25 heavy (non-hydrogen) atoms. The monoisotopic (exact) mass is 336 g/mol. The van der Waals surface area contributed by atoms with E-state index in [-0.39, 0.29) is 17.3 Å². The summed E-state index contributed by atoms with van der Waals surface area (Å²) in [4.78, 5) is 13.0. The molecule has 2 aromatic carbocycles. The third-order valence-electron chi connectivity index (χ3n) is 4.67. The normalized spacial score (nSPS) is 20.1. The van der Waals surface area contributed by atoms with Crippen molar-refractivity contribution in [2.24, 2.45) is 0 Å². The van der Waals surface area contributed by atoms with Crippen LogP contribution in [-0.2, 0) is 0 Å². The van der Waals surface area contributed by atoms with Crippen LogP contribution in [0.2, 0.25) is 0 Å². The van der Waals surface area contributed by atoms with Crippen LogP contribution in [-0.4, -0.2) is 25.1 Å². The molecule has 0 spiro atoms. The summed E-state index contributed by atoms with van der Waals surface area (Å²) in [5.74, 6) is 1.92. The van der Waals surface area contributed by atoms with Gasteiger partial charge in [-0.3, -0.25) is 4.79 Å². The van der Waals surface area contributed by atoms with Gasteiger partial charge >= 0.3 is 0 Å². The van der Waals surface area contributed by atoms with Crippen molar-refractivity contribution in [3.8, 4) is 17.2 Å². The second-order valence-electron chi connectivity index (χ2n) is 6.89. The van der Waals surface area contributed by atoms with Gasteiger partial charge in [0.1, 0.15) is 29.5 Å². The number of fused-ring (bicyclic) bond motifs is 3. The fraction of sp³-hybridized carbons (Fsp3) is 0.286. The molecule has 0 radical (unpaired) electrons. The maximum atomic E-state index is 13.0. The first-order valence-electron chi connectivity index (χ1n) is 8.35. The minimum Gasteiger partial charge on any atom is -0.497 e. The maximum Gasteiger partial charge on any atom is 0.177 e. The zero-order valence-corrected chi connectivity index (χ0v) is 14.5. The van der Waals surface area contributed by atoms with Crippen molar-refractivity contribution in [2.75, 3.05) is 13.7 Å². The molecule has 4 nitrogen and oxygen atoms in total. The van der Waals surface area contributed by atoms with Gasteiger partial charge in [-0.2, -0.15) is 0 Å². The second-order valence-corrected chi connectivity index (χ2v) is 6.89. The number of hydrogen-bond donors (Lipinski definition) is 0. The Bertz CT molecular complexity index is 862. The molecular formula is C21H20O4. The SMILES string of the molecule is COc1ccc([C@H]2COc3c(ccc4c3C=CC(C)(C)O4)C2=O)cc1. The van der Waals surface area contributed by atoms with Gasteiger partial charge in [0.05, 0.1) is 24.2 Å². The summed E-state index contributed by atoms with van der Waals surface area (Å²) in [7, 11) is 1.63. The Morgan fingerprint density at radius 3 is 2.60 bits per heavy atom. The van der Waals surface area contributed by atoms with E-state index in [9.17, 15) is 4.79 Å². The van der Waals surface area contributed by atoms with Gasteiger partial charge < -0.3 is 14.2 Å². The quantitative estimate of drug-likeness (QED) is 0.823. The molecule has 0 bridgehead atoms. The highest BCUT2D eigenvalue weighted by atomic mass is 16.5. The van der Waals surface area contributed by atoms with Crippen LogP contribution in [0, 0.1) is 0 Å². The van der Waals surface area contributed by atoms with Gasteiger partial charge in [-0.05, 0) is 55.8 Å². The number of Topliss-reactive ketones (excluding diaryl/α,β-unsaturated/α-hetero) is 1. The van der Waals surface area contributed by atoms with E-state index in [1.54, 1.807) is 13.2 Å². The summed E-state index contributed by atoms with van der Waals surface area (Å²) in [6, 6.07) is 11.2. The van der Waals surface area contributed by atoms with E-state index in [1.165, 1.54) is 0 Å². The molecule has 0 N–H and O–H groups in total. The number of methoxy groups -OCH3 is 1. The van der Waals surface area contributed by atoms with Gasteiger partial charge in [-0.15, -0.1) is 0 Å². The molecule has 0 amide bonds. The lowest BCUT2D eigenvalue weighted by Crippen LogP contribution is -2.30. The predicted molar refractivity (Wildman–Crippen MR) is 95.7 cm³/mol. The lowest BCUT2D eigenvalue weighted by molar-refractivity contribution is 0.0894. The molecule has 0 unspecified atom stereocenters. The average Bonchev–Trinajstić information content (AvgIpc) is 2.61. The molecule has 2 heterocycles. The molecule has 2 aliphatic rings. The Morgan fingerprint density at radius 1 is 1.12 bits per heavy atom. The second kappa shape index (κ2) is 5.66. The smallest absolute Gasteiger partial charge is 0.177 e. The number of ether oxygens (including phenoxy) is 3. The van der Waals surface area contributed by atoms with E-state index < -0.39 is 0 Å². The maximum absolute atomic E-state index is 13.0. The lowest BCUT2D eigenvalue weighted by atomic mass is 9.87. The number of carbonyl (C=O) groups excluding carboxylic acids is 1. The summed E-state index contributed by atoms with van der Waals surface area (Å²) in [5, 5.41) is 0. The molecule has 4 heteroatoms. The molecule has 2 aliphatic heterocycles. The van der Waals surface area contributed by atoms with Gasteiger partial charge in [0.25, 0.3) is 0 Å². The lowest BCUT2D eigenvalue weighted by Gasteiger charge is -2.31. The van der Waals surface area contributed by atoms with E-state index in [2.05, 4.69) is 0 Å². The van der Waals surface area contributed by atoms with Gasteiger partial charge in [0.2, 0.25) is 0 Å². The highest BCUT2D eigenvalue weighted by Gasteiger charge is 2.34. The summed E-state index contributed by atoms with van der Waals surface area (Å²) >= 11 is 0. The highest BCUT2D eigenvalue weighted by molar-refractivity contribution is 6.05. The number of hydrogen-bond acceptors (Lipinski definition) is 4. The predicted octanol–water partition coefficient (Wildman–Crippen LogP) is 4.24. The summed E-state index contributed by atoms with van der Waals surface area (Å²) in [5.41, 5.74) is 2.03. The molecule has 128 valence electrons. The number of carbonyl (C=O) groups is 1. The number of ketones is 1. The van der Waals surface area contributed by atoms with Crippen molar-refractivity contribution < 1.29 is 19.0 Å². The van der Waals surface area contributed by atoms with Crippen LogP contribution < -0.4 is 14.2 Å². The van der Waals surface area contributed by atoms with E-state index in [0.29, 0.717) is 17.9 Å². The largest absolute Gasteiger partial charge is 0.497 e. The summed E-state index contributed by atoms with van der Waals surface area (Å²) < 4.78 is 17.1. The van der Waals surface area contributed by atoms with Crippen molar-refractivity contribution in [3.63, 3.8) is 0 Å². The summed E-state index contributed by atoms with van der Waals surface area (Å²) in [6.45, 7) is 4.32. The standard InChI is InChI=1S/C21H20O4/c1-21(2)11-10-15-18(25-21)9-8-16-19(22)17(12-24-20(15)16)13-4-6-14(23-3)7-5-13/h4-11,17H,12H2,1-3H3/t17-/m1/s1. The Morgan fingerprint density at radius 2 is 1.88 bits per heavy atom. The zero-order valence-electron chi connectivity index (χ0n) is 14.5. The van der Waals surface area contributed by atoms with Gasteiger partial charge in [-0.1, -0.05) is 12.1 Å². The van der Waals surface area contributed by atoms with Crippen molar-refractivity contribution in [1.82, 2.24) is 0 Å². The molecule has 2 aromatic rings. The number of benzene rings is 2. The molecule has 1 atom stereocenters. The van der Waals surface area contributed by atoms with E-state index in [4.69, 9.17) is 14.2 Å². The topological polar surface area (TPSA) is 44.8 Å². The minimum absolute atomic E-state index is 0.0763. The number of rotatable bonds is 2. The van der Waals surface area contributed by atoms with Gasteiger partial charge in [0.15, 0.2) is 5.78 Å². The van der Waals surface area contributed by atoms with Crippen molar-refractivity contribution in [3.05, 3.63) is 59.2 Å². The van der Waals surface area contributed by atoms with Crippen LogP contribution in [0.4, 0.5) is 0 Å². The molecule has 0 fully saturated rings. The fourth-order valence-electron chi connectivity index (χ4n) is 3.29. The fourth-order valence-corrected chi connectivity index (χ4v) is 3.29. The first kappa shape index (κ1) is 15.8. The van der Waals surface area contributed by atoms with Crippen LogP contribution in [0.15, 0.2) is 42.5 Å². The zero-order chi connectivity index (χ0) is 17.6. The Hall–Kier alpha value is -2.75.